The zero-order valence-electron chi connectivity index (χ0n) is 16.3. The molecule has 0 saturated carbocycles. The Morgan fingerprint density at radius 1 is 0.828 bits per heavy atom. The lowest BCUT2D eigenvalue weighted by atomic mass is 10.1. The first kappa shape index (κ1) is 21.6. The number of ether oxygens (including phenoxy) is 2. The van der Waals surface area contributed by atoms with Gasteiger partial charge in [0, 0.05) is 33.4 Å². The summed E-state index contributed by atoms with van der Waals surface area (Å²) in [5, 5.41) is 5.02. The standard InChI is InChI=1S/C23H22Cl3NO2/c1-3-28-22-8-17(13-27-20-10-18(24)9-19(25)11-20)21(26)12-23(22)29-14-16-7-5-4-6-15(16)2/h4-12,27H,3,13-14H2,1-2H3. The summed E-state index contributed by atoms with van der Waals surface area (Å²) >= 11 is 18.6. The van der Waals surface area contributed by atoms with Crippen molar-refractivity contribution in [2.45, 2.75) is 27.0 Å². The predicted molar refractivity (Wildman–Crippen MR) is 122 cm³/mol. The van der Waals surface area contributed by atoms with Gasteiger partial charge < -0.3 is 14.8 Å². The van der Waals surface area contributed by atoms with Crippen LogP contribution in [0.4, 0.5) is 5.69 Å². The van der Waals surface area contributed by atoms with Gasteiger partial charge in [-0.05, 0) is 54.8 Å². The number of halogens is 3. The van der Waals surface area contributed by atoms with Crippen LogP contribution in [0, 0.1) is 6.92 Å². The van der Waals surface area contributed by atoms with Crippen molar-refractivity contribution in [3.8, 4) is 11.5 Å². The summed E-state index contributed by atoms with van der Waals surface area (Å²) in [4.78, 5) is 0. The lowest BCUT2D eigenvalue weighted by Crippen LogP contribution is -2.04. The molecular formula is C23H22Cl3NO2. The fourth-order valence-electron chi connectivity index (χ4n) is 2.87. The molecule has 1 N–H and O–H groups in total. The Morgan fingerprint density at radius 2 is 1.52 bits per heavy atom. The number of aryl methyl sites for hydroxylation is 1. The molecule has 3 aromatic rings. The number of anilines is 1. The van der Waals surface area contributed by atoms with E-state index in [0.29, 0.717) is 46.3 Å². The third-order valence-electron chi connectivity index (χ3n) is 4.40. The monoisotopic (exact) mass is 449 g/mol. The minimum absolute atomic E-state index is 0.446. The molecular weight excluding hydrogens is 429 g/mol. The van der Waals surface area contributed by atoms with E-state index in [4.69, 9.17) is 44.3 Å². The fraction of sp³-hybridized carbons (Fsp3) is 0.217. The maximum atomic E-state index is 6.52. The zero-order chi connectivity index (χ0) is 20.8. The van der Waals surface area contributed by atoms with Crippen LogP contribution >= 0.6 is 34.8 Å². The highest BCUT2D eigenvalue weighted by Gasteiger charge is 2.12. The van der Waals surface area contributed by atoms with Gasteiger partial charge in [-0.25, -0.2) is 0 Å². The Labute approximate surface area is 186 Å². The first-order valence-electron chi connectivity index (χ1n) is 9.28. The second kappa shape index (κ2) is 10.1. The van der Waals surface area contributed by atoms with E-state index in [9.17, 15) is 0 Å². The van der Waals surface area contributed by atoms with E-state index in [1.165, 1.54) is 5.56 Å². The summed E-state index contributed by atoms with van der Waals surface area (Å²) in [6.07, 6.45) is 0. The summed E-state index contributed by atoms with van der Waals surface area (Å²) < 4.78 is 11.8. The number of hydrogen-bond acceptors (Lipinski definition) is 3. The Balaban J connectivity index is 1.77. The zero-order valence-corrected chi connectivity index (χ0v) is 18.5. The number of rotatable bonds is 8. The van der Waals surface area contributed by atoms with Gasteiger partial charge in [-0.2, -0.15) is 0 Å². The summed E-state index contributed by atoms with van der Waals surface area (Å²) in [6.45, 7) is 5.46. The van der Waals surface area contributed by atoms with E-state index in [1.54, 1.807) is 12.1 Å². The molecule has 29 heavy (non-hydrogen) atoms. The van der Waals surface area contributed by atoms with Crippen LogP contribution in [0.1, 0.15) is 23.6 Å². The van der Waals surface area contributed by atoms with Crippen LogP contribution in [0.25, 0.3) is 0 Å². The maximum Gasteiger partial charge on any atom is 0.163 e. The maximum absolute atomic E-state index is 6.52. The molecule has 0 unspecified atom stereocenters. The molecule has 0 aromatic heterocycles. The molecule has 0 aliphatic carbocycles. The summed E-state index contributed by atoms with van der Waals surface area (Å²) in [5.41, 5.74) is 4.00. The van der Waals surface area contributed by atoms with E-state index >= 15 is 0 Å². The molecule has 0 bridgehead atoms. The van der Waals surface area contributed by atoms with Crippen LogP contribution < -0.4 is 14.8 Å². The minimum Gasteiger partial charge on any atom is -0.490 e. The number of nitrogens with one attached hydrogen (secondary N) is 1. The molecule has 0 saturated heterocycles. The molecule has 6 heteroatoms. The average Bonchev–Trinajstić information content (AvgIpc) is 2.67. The van der Waals surface area contributed by atoms with E-state index in [1.807, 2.05) is 43.3 Å². The first-order valence-corrected chi connectivity index (χ1v) is 10.4. The lowest BCUT2D eigenvalue weighted by Gasteiger charge is -2.16. The third kappa shape index (κ3) is 5.96. The van der Waals surface area contributed by atoms with Gasteiger partial charge in [0.1, 0.15) is 6.61 Å². The van der Waals surface area contributed by atoms with E-state index in [0.717, 1.165) is 16.8 Å². The van der Waals surface area contributed by atoms with Gasteiger partial charge in [0.2, 0.25) is 0 Å². The smallest absolute Gasteiger partial charge is 0.163 e. The Bertz CT molecular complexity index is 972. The molecule has 0 radical (unpaired) electrons. The molecule has 0 aliphatic rings. The van der Waals surface area contributed by atoms with Crippen molar-refractivity contribution < 1.29 is 9.47 Å². The van der Waals surface area contributed by atoms with Crippen molar-refractivity contribution in [3.05, 3.63) is 86.4 Å². The lowest BCUT2D eigenvalue weighted by molar-refractivity contribution is 0.268. The predicted octanol–water partition coefficient (Wildman–Crippen LogP) is 7.55. The first-order chi connectivity index (χ1) is 14.0. The van der Waals surface area contributed by atoms with E-state index < -0.39 is 0 Å². The molecule has 3 rings (SSSR count). The van der Waals surface area contributed by atoms with E-state index in [2.05, 4.69) is 18.3 Å². The molecule has 0 spiro atoms. The van der Waals surface area contributed by atoms with Crippen LogP contribution in [0.3, 0.4) is 0 Å². The Kier molecular flexibility index (Phi) is 7.54. The van der Waals surface area contributed by atoms with Crippen LogP contribution in [0.2, 0.25) is 15.1 Å². The van der Waals surface area contributed by atoms with Gasteiger partial charge in [0.15, 0.2) is 11.5 Å². The Hall–Kier alpha value is -2.07. The van der Waals surface area contributed by atoms with Gasteiger partial charge in [-0.1, -0.05) is 59.1 Å². The van der Waals surface area contributed by atoms with Crippen LogP contribution in [0.5, 0.6) is 11.5 Å². The topological polar surface area (TPSA) is 30.5 Å². The SMILES string of the molecule is CCOc1cc(CNc2cc(Cl)cc(Cl)c2)c(Cl)cc1OCc1ccccc1C. The summed E-state index contributed by atoms with van der Waals surface area (Å²) in [6, 6.07) is 17.1. The summed E-state index contributed by atoms with van der Waals surface area (Å²) in [5.74, 6) is 1.28. The highest BCUT2D eigenvalue weighted by atomic mass is 35.5. The third-order valence-corrected chi connectivity index (χ3v) is 5.19. The fourth-order valence-corrected chi connectivity index (χ4v) is 3.62. The normalized spacial score (nSPS) is 10.7. The summed E-state index contributed by atoms with van der Waals surface area (Å²) in [7, 11) is 0. The molecule has 0 fully saturated rings. The highest BCUT2D eigenvalue weighted by Crippen LogP contribution is 2.35. The van der Waals surface area contributed by atoms with Crippen molar-refractivity contribution >= 4 is 40.5 Å². The molecule has 0 aliphatic heterocycles. The molecule has 0 atom stereocenters. The van der Waals surface area contributed by atoms with Crippen molar-refractivity contribution in [2.24, 2.45) is 0 Å². The number of hydrogen-bond donors (Lipinski definition) is 1. The molecule has 152 valence electrons. The molecule has 0 amide bonds. The molecule has 3 aromatic carbocycles. The van der Waals surface area contributed by atoms with Gasteiger partial charge in [0.25, 0.3) is 0 Å². The van der Waals surface area contributed by atoms with Gasteiger partial charge >= 0.3 is 0 Å². The van der Waals surface area contributed by atoms with Crippen molar-refractivity contribution in [1.82, 2.24) is 0 Å². The van der Waals surface area contributed by atoms with Crippen molar-refractivity contribution in [2.75, 3.05) is 11.9 Å². The van der Waals surface area contributed by atoms with Crippen LogP contribution in [0.15, 0.2) is 54.6 Å². The largest absolute Gasteiger partial charge is 0.490 e. The molecule has 0 heterocycles. The van der Waals surface area contributed by atoms with Gasteiger partial charge in [-0.15, -0.1) is 0 Å². The quantitative estimate of drug-likeness (QED) is 0.384. The van der Waals surface area contributed by atoms with Gasteiger partial charge in [-0.3, -0.25) is 0 Å². The second-order valence-electron chi connectivity index (χ2n) is 6.55. The van der Waals surface area contributed by atoms with E-state index in [-0.39, 0.29) is 0 Å². The Morgan fingerprint density at radius 3 is 2.21 bits per heavy atom. The van der Waals surface area contributed by atoms with Crippen LogP contribution in [-0.4, -0.2) is 6.61 Å². The van der Waals surface area contributed by atoms with Crippen molar-refractivity contribution in [3.63, 3.8) is 0 Å². The minimum atomic E-state index is 0.446. The molecule has 3 nitrogen and oxygen atoms in total. The van der Waals surface area contributed by atoms with Gasteiger partial charge in [0.05, 0.1) is 6.61 Å². The van der Waals surface area contributed by atoms with Crippen molar-refractivity contribution in [1.29, 1.82) is 0 Å². The second-order valence-corrected chi connectivity index (χ2v) is 7.83. The van der Waals surface area contributed by atoms with Crippen LogP contribution in [-0.2, 0) is 13.2 Å². The average molecular weight is 451 g/mol. The highest BCUT2D eigenvalue weighted by molar-refractivity contribution is 6.35. The number of benzene rings is 3.